The van der Waals surface area contributed by atoms with Crippen LogP contribution in [0.15, 0.2) is 91.0 Å². The Labute approximate surface area is 200 Å². The van der Waals surface area contributed by atoms with Gasteiger partial charge in [-0.3, -0.25) is 9.63 Å². The SMILES string of the molecule is CCOC(=O)[C@@H](C)N(OCc1ccccc1)C(=O)/C=C/c1ccc(OCc2ccccc2)cc1. The molecule has 3 aromatic carbocycles. The summed E-state index contributed by atoms with van der Waals surface area (Å²) in [5.41, 5.74) is 2.78. The first-order chi connectivity index (χ1) is 16.6. The molecule has 3 rings (SSSR count). The van der Waals surface area contributed by atoms with Crippen LogP contribution in [0.2, 0.25) is 0 Å². The second kappa shape index (κ2) is 13.0. The Morgan fingerprint density at radius 3 is 2.03 bits per heavy atom. The number of esters is 1. The average Bonchev–Trinajstić information content (AvgIpc) is 2.88. The number of hydrogen-bond donors (Lipinski definition) is 0. The molecule has 0 bridgehead atoms. The van der Waals surface area contributed by atoms with E-state index in [2.05, 4.69) is 0 Å². The molecule has 6 nitrogen and oxygen atoms in total. The molecule has 34 heavy (non-hydrogen) atoms. The van der Waals surface area contributed by atoms with E-state index in [0.717, 1.165) is 27.5 Å². The van der Waals surface area contributed by atoms with E-state index in [1.54, 1.807) is 19.9 Å². The van der Waals surface area contributed by atoms with Gasteiger partial charge in [0, 0.05) is 6.08 Å². The van der Waals surface area contributed by atoms with Crippen molar-refractivity contribution < 1.29 is 23.9 Å². The van der Waals surface area contributed by atoms with E-state index in [1.807, 2.05) is 84.9 Å². The number of carbonyl (C=O) groups is 2. The van der Waals surface area contributed by atoms with Gasteiger partial charge in [0.1, 0.15) is 19.0 Å². The van der Waals surface area contributed by atoms with Gasteiger partial charge in [0.25, 0.3) is 5.91 Å². The highest BCUT2D eigenvalue weighted by atomic mass is 16.7. The van der Waals surface area contributed by atoms with Crippen molar-refractivity contribution in [2.24, 2.45) is 0 Å². The monoisotopic (exact) mass is 459 g/mol. The lowest BCUT2D eigenvalue weighted by Crippen LogP contribution is -2.43. The number of carbonyl (C=O) groups excluding carboxylic acids is 2. The number of ether oxygens (including phenoxy) is 2. The zero-order valence-electron chi connectivity index (χ0n) is 19.4. The highest BCUT2D eigenvalue weighted by Gasteiger charge is 2.27. The molecule has 0 spiro atoms. The number of rotatable bonds is 11. The van der Waals surface area contributed by atoms with Crippen LogP contribution in [0, 0.1) is 0 Å². The molecule has 0 radical (unpaired) electrons. The van der Waals surface area contributed by atoms with E-state index in [4.69, 9.17) is 14.3 Å². The Kier molecular flexibility index (Phi) is 9.43. The fourth-order valence-electron chi connectivity index (χ4n) is 3.10. The van der Waals surface area contributed by atoms with E-state index in [-0.39, 0.29) is 13.2 Å². The van der Waals surface area contributed by atoms with Crippen molar-refractivity contribution in [2.75, 3.05) is 6.61 Å². The first-order valence-electron chi connectivity index (χ1n) is 11.2. The first-order valence-corrected chi connectivity index (χ1v) is 11.2. The van der Waals surface area contributed by atoms with Crippen molar-refractivity contribution in [2.45, 2.75) is 33.1 Å². The molecule has 0 fully saturated rings. The lowest BCUT2D eigenvalue weighted by molar-refractivity contribution is -0.207. The molecular formula is C28H29NO5. The fraction of sp³-hybridized carbons (Fsp3) is 0.214. The summed E-state index contributed by atoms with van der Waals surface area (Å²) in [6.45, 7) is 4.15. The van der Waals surface area contributed by atoms with Crippen LogP contribution in [0.25, 0.3) is 6.08 Å². The zero-order chi connectivity index (χ0) is 24.2. The Morgan fingerprint density at radius 1 is 0.853 bits per heavy atom. The maximum atomic E-state index is 12.9. The third kappa shape index (κ3) is 7.60. The lowest BCUT2D eigenvalue weighted by atomic mass is 10.2. The van der Waals surface area contributed by atoms with Crippen LogP contribution < -0.4 is 4.74 Å². The molecule has 3 aromatic rings. The average molecular weight is 460 g/mol. The number of hydrogen-bond acceptors (Lipinski definition) is 5. The van der Waals surface area contributed by atoms with Gasteiger partial charge in [-0.05, 0) is 48.7 Å². The number of benzene rings is 3. The summed E-state index contributed by atoms with van der Waals surface area (Å²) >= 11 is 0. The molecule has 0 aliphatic carbocycles. The maximum absolute atomic E-state index is 12.9. The van der Waals surface area contributed by atoms with Gasteiger partial charge < -0.3 is 9.47 Å². The molecule has 0 aromatic heterocycles. The predicted octanol–water partition coefficient (Wildman–Crippen LogP) is 5.19. The standard InChI is InChI=1S/C28H29NO5/c1-3-32-28(31)22(2)29(34-21-25-12-8-5-9-13-25)27(30)19-16-23-14-17-26(18-15-23)33-20-24-10-6-4-7-11-24/h4-19,22H,3,20-21H2,1-2H3/b19-16+/t22-/m1/s1. The maximum Gasteiger partial charge on any atom is 0.331 e. The van der Waals surface area contributed by atoms with Gasteiger partial charge in [0.2, 0.25) is 0 Å². The molecule has 0 aliphatic heterocycles. The minimum atomic E-state index is -0.894. The summed E-state index contributed by atoms with van der Waals surface area (Å²) in [5, 5.41) is 1.05. The van der Waals surface area contributed by atoms with Gasteiger partial charge in [0.15, 0.2) is 6.04 Å². The molecule has 0 unspecified atom stereocenters. The van der Waals surface area contributed by atoms with Crippen molar-refractivity contribution in [1.29, 1.82) is 0 Å². The van der Waals surface area contributed by atoms with Crippen LogP contribution in [0.4, 0.5) is 0 Å². The third-order valence-corrected chi connectivity index (χ3v) is 4.96. The molecule has 6 heteroatoms. The number of nitrogens with zero attached hydrogens (tertiary/aromatic N) is 1. The highest BCUT2D eigenvalue weighted by Crippen LogP contribution is 2.16. The topological polar surface area (TPSA) is 65.1 Å². The van der Waals surface area contributed by atoms with Gasteiger partial charge in [-0.2, -0.15) is 0 Å². The minimum Gasteiger partial charge on any atom is -0.489 e. The molecule has 1 atom stereocenters. The largest absolute Gasteiger partial charge is 0.489 e. The normalized spacial score (nSPS) is 11.7. The van der Waals surface area contributed by atoms with Gasteiger partial charge in [0.05, 0.1) is 6.61 Å². The van der Waals surface area contributed by atoms with Crippen LogP contribution in [0.1, 0.15) is 30.5 Å². The van der Waals surface area contributed by atoms with Crippen LogP contribution >= 0.6 is 0 Å². The van der Waals surface area contributed by atoms with E-state index < -0.39 is 17.9 Å². The van der Waals surface area contributed by atoms with Gasteiger partial charge in [-0.1, -0.05) is 72.8 Å². The van der Waals surface area contributed by atoms with E-state index in [1.165, 1.54) is 6.08 Å². The molecule has 176 valence electrons. The Hall–Kier alpha value is -3.90. The molecule has 0 aliphatic rings. The van der Waals surface area contributed by atoms with Crippen molar-refractivity contribution in [3.8, 4) is 5.75 Å². The fourth-order valence-corrected chi connectivity index (χ4v) is 3.10. The summed E-state index contributed by atoms with van der Waals surface area (Å²) in [6.07, 6.45) is 3.04. The van der Waals surface area contributed by atoms with Crippen molar-refractivity contribution >= 4 is 18.0 Å². The second-order valence-corrected chi connectivity index (χ2v) is 7.53. The Morgan fingerprint density at radius 2 is 1.44 bits per heavy atom. The molecule has 1 amide bonds. The second-order valence-electron chi connectivity index (χ2n) is 7.53. The van der Waals surface area contributed by atoms with Gasteiger partial charge in [-0.15, -0.1) is 0 Å². The number of hydroxylamine groups is 2. The van der Waals surface area contributed by atoms with Crippen LogP contribution in [0.5, 0.6) is 5.75 Å². The summed E-state index contributed by atoms with van der Waals surface area (Å²) in [7, 11) is 0. The van der Waals surface area contributed by atoms with Crippen molar-refractivity contribution in [3.63, 3.8) is 0 Å². The molecule has 0 N–H and O–H groups in total. The summed E-state index contributed by atoms with van der Waals surface area (Å²) < 4.78 is 10.9. The Bertz CT molecular complexity index is 1060. The Balaban J connectivity index is 1.63. The summed E-state index contributed by atoms with van der Waals surface area (Å²) in [4.78, 5) is 30.9. The van der Waals surface area contributed by atoms with Crippen LogP contribution in [-0.4, -0.2) is 29.6 Å². The van der Waals surface area contributed by atoms with E-state index >= 15 is 0 Å². The quantitative estimate of drug-likeness (QED) is 0.224. The van der Waals surface area contributed by atoms with Crippen molar-refractivity contribution in [3.05, 3.63) is 108 Å². The van der Waals surface area contributed by atoms with Crippen LogP contribution in [-0.2, 0) is 32.4 Å². The highest BCUT2D eigenvalue weighted by molar-refractivity contribution is 5.93. The minimum absolute atomic E-state index is 0.150. The third-order valence-electron chi connectivity index (χ3n) is 4.96. The summed E-state index contributed by atoms with van der Waals surface area (Å²) in [6, 6.07) is 25.9. The first kappa shape index (κ1) is 24.7. The molecule has 0 heterocycles. The van der Waals surface area contributed by atoms with E-state index in [0.29, 0.717) is 6.61 Å². The molecule has 0 saturated carbocycles. The smallest absolute Gasteiger partial charge is 0.331 e. The van der Waals surface area contributed by atoms with Gasteiger partial charge in [-0.25, -0.2) is 9.86 Å². The zero-order valence-corrected chi connectivity index (χ0v) is 19.4. The van der Waals surface area contributed by atoms with Crippen molar-refractivity contribution in [1.82, 2.24) is 5.06 Å². The number of amides is 1. The predicted molar refractivity (Wildman–Crippen MR) is 130 cm³/mol. The van der Waals surface area contributed by atoms with Gasteiger partial charge >= 0.3 is 5.97 Å². The summed E-state index contributed by atoms with van der Waals surface area (Å²) in [5.74, 6) is -0.255. The molecule has 0 saturated heterocycles. The van der Waals surface area contributed by atoms with E-state index in [9.17, 15) is 9.59 Å². The lowest BCUT2D eigenvalue weighted by Gasteiger charge is -2.25. The molecular weight excluding hydrogens is 430 g/mol. The van der Waals surface area contributed by atoms with Crippen LogP contribution in [0.3, 0.4) is 0 Å².